The van der Waals surface area contributed by atoms with Crippen molar-refractivity contribution in [1.82, 2.24) is 25.6 Å². The number of hydrogen-bond acceptors (Lipinski definition) is 5. The van der Waals surface area contributed by atoms with E-state index in [1.54, 1.807) is 25.4 Å². The molecule has 0 radical (unpaired) electrons. The number of nitrogens with zero attached hydrogens (tertiary/aromatic N) is 3. The lowest BCUT2D eigenvalue weighted by molar-refractivity contribution is 0.0547. The number of alkyl halides is 2. The molecule has 0 atom stereocenters. The standard InChI is InChI=1S/C16H18F2N6/c1-9-4-5-19-8-12(9)14-7-13(21-22-14)11(3)20-15-6-10(2)24(23-15)16(17)18/h4-8,16,21-22H,1-3H3,(H,20,23)/b13-11-. The van der Waals surface area contributed by atoms with Crippen molar-refractivity contribution in [2.75, 3.05) is 5.32 Å². The molecule has 2 aromatic rings. The Bertz CT molecular complexity index is 822. The van der Waals surface area contributed by atoms with Crippen LogP contribution in [0.5, 0.6) is 0 Å². The van der Waals surface area contributed by atoms with Crippen LogP contribution in [0.15, 0.2) is 42.0 Å². The van der Waals surface area contributed by atoms with Crippen LogP contribution in [0.4, 0.5) is 14.6 Å². The van der Waals surface area contributed by atoms with Gasteiger partial charge in [0.15, 0.2) is 5.82 Å². The molecule has 0 unspecified atom stereocenters. The Morgan fingerprint density at radius 1 is 1.29 bits per heavy atom. The summed E-state index contributed by atoms with van der Waals surface area (Å²) in [6.45, 7) is 2.79. The average molecular weight is 332 g/mol. The summed E-state index contributed by atoms with van der Waals surface area (Å²) in [4.78, 5) is 4.13. The first-order valence-electron chi connectivity index (χ1n) is 7.42. The molecule has 8 heteroatoms. The average Bonchev–Trinajstić information content (AvgIpc) is 3.14. The van der Waals surface area contributed by atoms with Crippen LogP contribution in [-0.2, 0) is 0 Å². The number of rotatable bonds is 4. The monoisotopic (exact) mass is 332 g/mol. The summed E-state index contributed by atoms with van der Waals surface area (Å²) in [5, 5.41) is 6.89. The molecular weight excluding hydrogens is 314 g/mol. The van der Waals surface area contributed by atoms with Gasteiger partial charge >= 0.3 is 6.55 Å². The predicted octanol–water partition coefficient (Wildman–Crippen LogP) is 3.08. The van der Waals surface area contributed by atoms with Crippen molar-refractivity contribution < 1.29 is 8.78 Å². The van der Waals surface area contributed by atoms with Crippen LogP contribution in [0.2, 0.25) is 0 Å². The molecule has 1 aliphatic rings. The first kappa shape index (κ1) is 16.0. The molecule has 0 fully saturated rings. The van der Waals surface area contributed by atoms with Crippen LogP contribution in [0.3, 0.4) is 0 Å². The smallest absolute Gasteiger partial charge is 0.333 e. The molecule has 24 heavy (non-hydrogen) atoms. The number of anilines is 1. The fraction of sp³-hybridized carbons (Fsp3) is 0.250. The van der Waals surface area contributed by atoms with E-state index in [1.807, 2.05) is 26.0 Å². The molecule has 126 valence electrons. The SMILES string of the molecule is C/C(Nc1cc(C)n(C(F)F)n1)=C1\C=C(c2cnccc2C)NN1. The first-order chi connectivity index (χ1) is 11.5. The maximum absolute atomic E-state index is 12.8. The lowest BCUT2D eigenvalue weighted by Gasteiger charge is -2.08. The van der Waals surface area contributed by atoms with Gasteiger partial charge in [0.05, 0.1) is 11.4 Å². The number of hydrazine groups is 1. The Labute approximate surface area is 138 Å². The van der Waals surface area contributed by atoms with Gasteiger partial charge in [-0.3, -0.25) is 10.4 Å². The molecule has 3 heterocycles. The highest BCUT2D eigenvalue weighted by Gasteiger charge is 2.16. The van der Waals surface area contributed by atoms with Gasteiger partial charge in [-0.25, -0.2) is 4.68 Å². The minimum atomic E-state index is -2.65. The van der Waals surface area contributed by atoms with Crippen molar-refractivity contribution in [3.8, 4) is 0 Å². The Balaban J connectivity index is 1.83. The molecule has 0 spiro atoms. The molecule has 0 bridgehead atoms. The summed E-state index contributed by atoms with van der Waals surface area (Å²) >= 11 is 0. The van der Waals surface area contributed by atoms with Gasteiger partial charge in [0.1, 0.15) is 0 Å². The highest BCUT2D eigenvalue weighted by Crippen LogP contribution is 2.22. The number of nitrogens with one attached hydrogen (secondary N) is 3. The zero-order valence-electron chi connectivity index (χ0n) is 13.6. The Hall–Kier alpha value is -2.90. The van der Waals surface area contributed by atoms with Gasteiger partial charge in [-0.2, -0.15) is 8.78 Å². The minimum absolute atomic E-state index is 0.374. The fourth-order valence-corrected chi connectivity index (χ4v) is 2.45. The number of aromatic nitrogens is 3. The van der Waals surface area contributed by atoms with Crippen molar-refractivity contribution >= 4 is 11.5 Å². The normalized spacial score (nSPS) is 15.8. The van der Waals surface area contributed by atoms with Crippen LogP contribution in [0, 0.1) is 13.8 Å². The van der Waals surface area contributed by atoms with Crippen LogP contribution >= 0.6 is 0 Å². The largest absolute Gasteiger partial charge is 0.341 e. The van der Waals surface area contributed by atoms with Crippen molar-refractivity contribution in [3.63, 3.8) is 0 Å². The van der Waals surface area contributed by atoms with Gasteiger partial charge in [-0.05, 0) is 38.5 Å². The van der Waals surface area contributed by atoms with Crippen LogP contribution in [0.25, 0.3) is 5.70 Å². The second-order valence-electron chi connectivity index (χ2n) is 5.56. The molecule has 0 aliphatic carbocycles. The Morgan fingerprint density at radius 2 is 2.08 bits per heavy atom. The third kappa shape index (κ3) is 3.08. The summed E-state index contributed by atoms with van der Waals surface area (Å²) in [7, 11) is 0. The predicted molar refractivity (Wildman–Crippen MR) is 87.8 cm³/mol. The van der Waals surface area contributed by atoms with Crippen molar-refractivity contribution in [3.05, 3.63) is 58.8 Å². The molecule has 1 aliphatic heterocycles. The summed E-state index contributed by atoms with van der Waals surface area (Å²) in [6.07, 6.45) is 5.46. The highest BCUT2D eigenvalue weighted by atomic mass is 19.3. The van der Waals surface area contributed by atoms with Gasteiger partial charge in [-0.15, -0.1) is 5.10 Å². The van der Waals surface area contributed by atoms with Crippen LogP contribution < -0.4 is 16.2 Å². The number of pyridine rings is 1. The van der Waals surface area contributed by atoms with Gasteiger partial charge in [0.2, 0.25) is 0 Å². The lowest BCUT2D eigenvalue weighted by Crippen LogP contribution is -2.24. The quantitative estimate of drug-likeness (QED) is 0.803. The van der Waals surface area contributed by atoms with E-state index in [1.165, 1.54) is 0 Å². The molecular formula is C16H18F2N6. The zero-order chi connectivity index (χ0) is 17.3. The van der Waals surface area contributed by atoms with Gasteiger partial charge in [-0.1, -0.05) is 0 Å². The van der Waals surface area contributed by atoms with E-state index in [0.717, 1.165) is 28.2 Å². The zero-order valence-corrected chi connectivity index (χ0v) is 13.6. The molecule has 3 N–H and O–H groups in total. The third-order valence-electron chi connectivity index (χ3n) is 3.78. The van der Waals surface area contributed by atoms with Gasteiger partial charge in [0, 0.05) is 35.4 Å². The van der Waals surface area contributed by atoms with Crippen molar-refractivity contribution in [2.24, 2.45) is 0 Å². The van der Waals surface area contributed by atoms with Crippen molar-refractivity contribution in [1.29, 1.82) is 0 Å². The number of hydrogen-bond donors (Lipinski definition) is 3. The summed E-state index contributed by atoms with van der Waals surface area (Å²) in [5.74, 6) is 0.374. The highest BCUT2D eigenvalue weighted by molar-refractivity contribution is 5.71. The van der Waals surface area contributed by atoms with E-state index in [4.69, 9.17) is 0 Å². The number of allylic oxidation sites excluding steroid dienone is 2. The minimum Gasteiger partial charge on any atom is -0.341 e. The molecule has 2 aromatic heterocycles. The maximum Gasteiger partial charge on any atom is 0.333 e. The second kappa shape index (κ2) is 6.31. The number of aryl methyl sites for hydroxylation is 2. The Kier molecular flexibility index (Phi) is 4.20. The molecule has 0 amide bonds. The topological polar surface area (TPSA) is 66.8 Å². The summed E-state index contributed by atoms with van der Waals surface area (Å²) in [6, 6.07) is 3.51. The molecule has 0 aromatic carbocycles. The first-order valence-corrected chi connectivity index (χ1v) is 7.42. The van der Waals surface area contributed by atoms with E-state index < -0.39 is 6.55 Å². The fourth-order valence-electron chi connectivity index (χ4n) is 2.45. The second-order valence-corrected chi connectivity index (χ2v) is 5.56. The van der Waals surface area contributed by atoms with Crippen molar-refractivity contribution in [2.45, 2.75) is 27.3 Å². The van der Waals surface area contributed by atoms with E-state index in [0.29, 0.717) is 16.2 Å². The van der Waals surface area contributed by atoms with Crippen LogP contribution in [-0.4, -0.2) is 14.8 Å². The Morgan fingerprint density at radius 3 is 2.75 bits per heavy atom. The molecule has 0 saturated carbocycles. The summed E-state index contributed by atoms with van der Waals surface area (Å²) < 4.78 is 26.2. The number of halogens is 2. The van der Waals surface area contributed by atoms with Crippen LogP contribution in [0.1, 0.15) is 30.3 Å². The molecule has 6 nitrogen and oxygen atoms in total. The van der Waals surface area contributed by atoms with E-state index in [-0.39, 0.29) is 0 Å². The maximum atomic E-state index is 12.8. The third-order valence-corrected chi connectivity index (χ3v) is 3.78. The van der Waals surface area contributed by atoms with Gasteiger partial charge in [0.25, 0.3) is 0 Å². The van der Waals surface area contributed by atoms with E-state index in [2.05, 4.69) is 26.3 Å². The lowest BCUT2D eigenvalue weighted by atomic mass is 10.1. The summed E-state index contributed by atoms with van der Waals surface area (Å²) in [5.41, 5.74) is 11.1. The van der Waals surface area contributed by atoms with Gasteiger partial charge < -0.3 is 10.7 Å². The van der Waals surface area contributed by atoms with E-state index in [9.17, 15) is 8.78 Å². The molecule has 0 saturated heterocycles. The van der Waals surface area contributed by atoms with E-state index >= 15 is 0 Å². The molecule has 3 rings (SSSR count).